The molecule has 0 spiro atoms. The van der Waals surface area contributed by atoms with Crippen molar-refractivity contribution in [3.63, 3.8) is 0 Å². The Kier molecular flexibility index (Phi) is 3.21. The van der Waals surface area contributed by atoms with Gasteiger partial charge in [0.15, 0.2) is 6.10 Å². The molecule has 0 radical (unpaired) electrons. The molecule has 86 valence electrons. The van der Waals surface area contributed by atoms with Gasteiger partial charge in [-0.05, 0) is 18.6 Å². The zero-order chi connectivity index (χ0) is 11.7. The van der Waals surface area contributed by atoms with Crippen LogP contribution in [0.3, 0.4) is 0 Å². The number of fused-ring (bicyclic) bond motifs is 1. The molecule has 1 aliphatic heterocycles. The lowest BCUT2D eigenvalue weighted by atomic mass is 10.1. The van der Waals surface area contributed by atoms with Gasteiger partial charge in [0.25, 0.3) is 5.91 Å². The summed E-state index contributed by atoms with van der Waals surface area (Å²) >= 11 is 1.78. The van der Waals surface area contributed by atoms with Gasteiger partial charge in [-0.15, -0.1) is 11.8 Å². The highest BCUT2D eigenvalue weighted by atomic mass is 32.2. The Morgan fingerprint density at radius 2 is 2.31 bits per heavy atom. The van der Waals surface area contributed by atoms with E-state index in [1.165, 1.54) is 0 Å². The Morgan fingerprint density at radius 3 is 3.00 bits per heavy atom. The Hall–Kier alpha value is -1.00. The number of aliphatic hydroxyl groups is 1. The van der Waals surface area contributed by atoms with Crippen molar-refractivity contribution >= 4 is 23.4 Å². The number of nitrogens with one attached hydrogen (secondary N) is 1. The molecule has 0 saturated heterocycles. The zero-order valence-electron chi connectivity index (χ0n) is 9.36. The number of amides is 1. The van der Waals surface area contributed by atoms with Gasteiger partial charge < -0.3 is 10.4 Å². The van der Waals surface area contributed by atoms with Crippen LogP contribution >= 0.6 is 11.8 Å². The molecule has 0 fully saturated rings. The standard InChI is InChI=1S/C12H15NO2S/c1-3-7(2)16-8-4-5-9-10(6-8)13-12(15)11(9)14/h4-7,11,14H,3H2,1-2H3,(H,13,15). The molecule has 0 bridgehead atoms. The molecule has 2 N–H and O–H groups in total. The van der Waals surface area contributed by atoms with Crippen LogP contribution in [-0.4, -0.2) is 16.3 Å². The first-order valence-electron chi connectivity index (χ1n) is 5.41. The maximum Gasteiger partial charge on any atom is 0.257 e. The van der Waals surface area contributed by atoms with Crippen molar-refractivity contribution in [2.75, 3.05) is 5.32 Å². The van der Waals surface area contributed by atoms with Crippen molar-refractivity contribution in [1.82, 2.24) is 0 Å². The van der Waals surface area contributed by atoms with Gasteiger partial charge in [-0.1, -0.05) is 19.9 Å². The lowest BCUT2D eigenvalue weighted by Gasteiger charge is -2.09. The van der Waals surface area contributed by atoms with E-state index in [4.69, 9.17) is 0 Å². The molecule has 2 atom stereocenters. The predicted molar refractivity (Wildman–Crippen MR) is 65.6 cm³/mol. The van der Waals surface area contributed by atoms with Crippen molar-refractivity contribution < 1.29 is 9.90 Å². The number of thioether (sulfide) groups is 1. The van der Waals surface area contributed by atoms with E-state index < -0.39 is 6.10 Å². The molecule has 1 aromatic carbocycles. The van der Waals surface area contributed by atoms with Crippen molar-refractivity contribution in [2.24, 2.45) is 0 Å². The summed E-state index contributed by atoms with van der Waals surface area (Å²) in [5.74, 6) is -0.333. The molecule has 1 amide bonds. The highest BCUT2D eigenvalue weighted by molar-refractivity contribution is 7.99. The Bertz CT molecular complexity index is 419. The van der Waals surface area contributed by atoms with Gasteiger partial charge in [-0.3, -0.25) is 4.79 Å². The molecule has 3 nitrogen and oxygen atoms in total. The van der Waals surface area contributed by atoms with Gasteiger partial charge in [-0.25, -0.2) is 0 Å². The summed E-state index contributed by atoms with van der Waals surface area (Å²) in [5, 5.41) is 12.8. The summed E-state index contributed by atoms with van der Waals surface area (Å²) in [5.41, 5.74) is 1.42. The van der Waals surface area contributed by atoms with Crippen LogP contribution in [0.5, 0.6) is 0 Å². The van der Waals surface area contributed by atoms with Gasteiger partial charge in [0, 0.05) is 21.4 Å². The molecule has 2 unspecified atom stereocenters. The fourth-order valence-electron chi connectivity index (χ4n) is 1.61. The van der Waals surface area contributed by atoms with Crippen LogP contribution in [0.2, 0.25) is 0 Å². The van der Waals surface area contributed by atoms with E-state index in [1.54, 1.807) is 11.8 Å². The summed E-state index contributed by atoms with van der Waals surface area (Å²) in [6.07, 6.45) is 0.106. The van der Waals surface area contributed by atoms with E-state index in [9.17, 15) is 9.90 Å². The van der Waals surface area contributed by atoms with E-state index in [0.717, 1.165) is 17.0 Å². The van der Waals surface area contributed by atoms with Crippen LogP contribution in [0, 0.1) is 0 Å². The molecule has 1 aliphatic rings. The van der Waals surface area contributed by atoms with E-state index in [1.807, 2.05) is 18.2 Å². The Morgan fingerprint density at radius 1 is 1.56 bits per heavy atom. The van der Waals surface area contributed by atoms with E-state index in [2.05, 4.69) is 19.2 Å². The molecule has 2 rings (SSSR count). The Balaban J connectivity index is 2.22. The predicted octanol–water partition coefficient (Wildman–Crippen LogP) is 2.56. The molecular formula is C12H15NO2S. The van der Waals surface area contributed by atoms with Gasteiger partial charge in [0.2, 0.25) is 0 Å². The SMILES string of the molecule is CCC(C)Sc1ccc2c(c1)NC(=O)C2O. The van der Waals surface area contributed by atoms with Crippen molar-refractivity contribution in [3.05, 3.63) is 23.8 Å². The number of carbonyl (C=O) groups excluding carboxylic acids is 1. The minimum absolute atomic E-state index is 0.333. The fraction of sp³-hybridized carbons (Fsp3) is 0.417. The maximum atomic E-state index is 11.3. The molecule has 0 aromatic heterocycles. The largest absolute Gasteiger partial charge is 0.378 e. The van der Waals surface area contributed by atoms with Crippen LogP contribution in [0.1, 0.15) is 31.9 Å². The molecule has 4 heteroatoms. The third kappa shape index (κ3) is 2.08. The van der Waals surface area contributed by atoms with Crippen LogP contribution in [0.4, 0.5) is 5.69 Å². The Labute approximate surface area is 99.2 Å². The van der Waals surface area contributed by atoms with E-state index in [0.29, 0.717) is 10.8 Å². The average molecular weight is 237 g/mol. The van der Waals surface area contributed by atoms with Gasteiger partial charge in [0.1, 0.15) is 0 Å². The average Bonchev–Trinajstić information content (AvgIpc) is 2.54. The normalized spacial score (nSPS) is 20.4. The van der Waals surface area contributed by atoms with Crippen molar-refractivity contribution in [3.8, 4) is 0 Å². The lowest BCUT2D eigenvalue weighted by molar-refractivity contribution is -0.123. The van der Waals surface area contributed by atoms with Crippen LogP contribution in [-0.2, 0) is 4.79 Å². The summed E-state index contributed by atoms with van der Waals surface area (Å²) in [6, 6.07) is 5.71. The fourth-order valence-corrected chi connectivity index (χ4v) is 2.58. The topological polar surface area (TPSA) is 49.3 Å². The van der Waals surface area contributed by atoms with Crippen LogP contribution in [0.15, 0.2) is 23.1 Å². The summed E-state index contributed by atoms with van der Waals surface area (Å²) in [6.45, 7) is 4.32. The van der Waals surface area contributed by atoms with Crippen LogP contribution in [0.25, 0.3) is 0 Å². The molecule has 1 aromatic rings. The molecular weight excluding hydrogens is 222 g/mol. The van der Waals surface area contributed by atoms with Crippen molar-refractivity contribution in [1.29, 1.82) is 0 Å². The number of hydrogen-bond donors (Lipinski definition) is 2. The maximum absolute atomic E-state index is 11.3. The zero-order valence-corrected chi connectivity index (χ0v) is 10.2. The van der Waals surface area contributed by atoms with E-state index in [-0.39, 0.29) is 5.91 Å². The quantitative estimate of drug-likeness (QED) is 0.794. The van der Waals surface area contributed by atoms with Gasteiger partial charge in [0.05, 0.1) is 0 Å². The van der Waals surface area contributed by atoms with E-state index >= 15 is 0 Å². The van der Waals surface area contributed by atoms with Gasteiger partial charge in [-0.2, -0.15) is 0 Å². The summed E-state index contributed by atoms with van der Waals surface area (Å²) < 4.78 is 0. The number of rotatable bonds is 3. The minimum Gasteiger partial charge on any atom is -0.378 e. The number of hydrogen-bond acceptors (Lipinski definition) is 3. The first kappa shape index (κ1) is 11.5. The summed E-state index contributed by atoms with van der Waals surface area (Å²) in [7, 11) is 0. The lowest BCUT2D eigenvalue weighted by Crippen LogP contribution is -2.10. The second kappa shape index (κ2) is 4.47. The molecule has 1 heterocycles. The highest BCUT2D eigenvalue weighted by Crippen LogP contribution is 2.35. The molecule has 16 heavy (non-hydrogen) atoms. The monoisotopic (exact) mass is 237 g/mol. The first-order valence-corrected chi connectivity index (χ1v) is 6.29. The minimum atomic E-state index is -1.00. The third-order valence-corrected chi connectivity index (χ3v) is 4.00. The van der Waals surface area contributed by atoms with Crippen molar-refractivity contribution in [2.45, 2.75) is 36.5 Å². The number of carbonyl (C=O) groups is 1. The molecule has 0 aliphatic carbocycles. The second-order valence-electron chi connectivity index (χ2n) is 3.98. The number of aliphatic hydroxyl groups excluding tert-OH is 1. The smallest absolute Gasteiger partial charge is 0.257 e. The second-order valence-corrected chi connectivity index (χ2v) is 5.49. The number of benzene rings is 1. The summed E-state index contributed by atoms with van der Waals surface area (Å²) in [4.78, 5) is 12.4. The molecule has 0 saturated carbocycles. The van der Waals surface area contributed by atoms with Gasteiger partial charge >= 0.3 is 0 Å². The highest BCUT2D eigenvalue weighted by Gasteiger charge is 2.28. The number of anilines is 1. The van der Waals surface area contributed by atoms with Crippen LogP contribution < -0.4 is 5.32 Å². The first-order chi connectivity index (χ1) is 7.61. The third-order valence-electron chi connectivity index (χ3n) is 2.74.